The second kappa shape index (κ2) is 5.71. The van der Waals surface area contributed by atoms with E-state index in [4.69, 9.17) is 5.11 Å². The molecule has 0 atom stereocenters. The van der Waals surface area contributed by atoms with Crippen LogP contribution in [0.5, 0.6) is 0 Å². The van der Waals surface area contributed by atoms with E-state index in [1.54, 1.807) is 24.4 Å². The molecule has 0 saturated heterocycles. The molecule has 0 aliphatic carbocycles. The zero-order chi connectivity index (χ0) is 14.8. The minimum absolute atomic E-state index is 0.101. The quantitative estimate of drug-likeness (QED) is 0.749. The molecule has 2 heterocycles. The third-order valence-electron chi connectivity index (χ3n) is 2.82. The van der Waals surface area contributed by atoms with E-state index in [9.17, 15) is 9.59 Å². The number of thioether (sulfide) groups is 1. The fourth-order valence-electron chi connectivity index (χ4n) is 1.84. The number of thiazole rings is 1. The third-order valence-corrected chi connectivity index (χ3v) is 4.61. The number of carboxylic acid groups (broad SMARTS) is 1. The van der Waals surface area contributed by atoms with Gasteiger partial charge in [-0.05, 0) is 18.2 Å². The maximum absolute atomic E-state index is 11.9. The Hall–Kier alpha value is -2.12. The average molecular weight is 318 g/mol. The molecule has 2 aromatic heterocycles. The molecule has 0 fully saturated rings. The van der Waals surface area contributed by atoms with E-state index in [1.165, 1.54) is 33.6 Å². The minimum atomic E-state index is -0.950. The highest BCUT2D eigenvalue weighted by Crippen LogP contribution is 2.23. The summed E-state index contributed by atoms with van der Waals surface area (Å²) in [6, 6.07) is 8.22. The Kier molecular flexibility index (Phi) is 3.76. The van der Waals surface area contributed by atoms with Gasteiger partial charge in [0.05, 0.1) is 11.3 Å². The molecule has 0 bridgehead atoms. The second-order valence-electron chi connectivity index (χ2n) is 4.26. The summed E-state index contributed by atoms with van der Waals surface area (Å²) in [5.41, 5.74) is 0.839. The molecule has 0 unspecified atom stereocenters. The van der Waals surface area contributed by atoms with E-state index in [0.717, 1.165) is 4.90 Å². The van der Waals surface area contributed by atoms with Crippen molar-refractivity contribution in [3.8, 4) is 0 Å². The predicted octanol–water partition coefficient (Wildman–Crippen LogP) is 2.75. The van der Waals surface area contributed by atoms with Gasteiger partial charge >= 0.3 is 5.97 Å². The molecule has 1 aromatic carbocycles. The van der Waals surface area contributed by atoms with Crippen molar-refractivity contribution in [2.45, 2.75) is 10.6 Å². The Labute approximate surface area is 127 Å². The van der Waals surface area contributed by atoms with Gasteiger partial charge in [0.2, 0.25) is 0 Å². The first-order valence-corrected chi connectivity index (χ1v) is 7.92. The van der Waals surface area contributed by atoms with E-state index in [-0.39, 0.29) is 11.1 Å². The zero-order valence-corrected chi connectivity index (χ0v) is 12.4. The Morgan fingerprint density at radius 1 is 1.38 bits per heavy atom. The maximum atomic E-state index is 11.9. The molecule has 0 spiro atoms. The highest BCUT2D eigenvalue weighted by molar-refractivity contribution is 7.98. The lowest BCUT2D eigenvalue weighted by molar-refractivity contribution is 0.0696. The van der Waals surface area contributed by atoms with Gasteiger partial charge in [0.15, 0.2) is 4.96 Å². The molecule has 0 aliphatic heterocycles. The maximum Gasteiger partial charge on any atom is 0.335 e. The van der Waals surface area contributed by atoms with E-state index in [1.807, 2.05) is 11.4 Å². The Morgan fingerprint density at radius 3 is 3.05 bits per heavy atom. The molecule has 3 rings (SSSR count). The van der Waals surface area contributed by atoms with E-state index < -0.39 is 5.97 Å². The van der Waals surface area contributed by atoms with Crippen LogP contribution in [0.4, 0.5) is 0 Å². The summed E-state index contributed by atoms with van der Waals surface area (Å²) in [5.74, 6) is -0.430. The number of hydrogen-bond donors (Lipinski definition) is 1. The summed E-state index contributed by atoms with van der Waals surface area (Å²) in [4.78, 5) is 28.7. The van der Waals surface area contributed by atoms with Gasteiger partial charge in [0.25, 0.3) is 5.56 Å². The van der Waals surface area contributed by atoms with Gasteiger partial charge in [-0.15, -0.1) is 23.1 Å². The van der Waals surface area contributed by atoms with Crippen LogP contribution < -0.4 is 5.56 Å². The lowest BCUT2D eigenvalue weighted by Crippen LogP contribution is -2.12. The molecular weight excluding hydrogens is 308 g/mol. The van der Waals surface area contributed by atoms with Crippen LogP contribution in [-0.2, 0) is 5.75 Å². The summed E-state index contributed by atoms with van der Waals surface area (Å²) in [6.45, 7) is 0. The molecule has 1 N–H and O–H groups in total. The van der Waals surface area contributed by atoms with Crippen LogP contribution in [0.2, 0.25) is 0 Å². The number of rotatable bonds is 4. The van der Waals surface area contributed by atoms with Crippen LogP contribution in [0, 0.1) is 0 Å². The highest BCUT2D eigenvalue weighted by Gasteiger charge is 2.06. The average Bonchev–Trinajstić information content (AvgIpc) is 2.94. The number of aromatic nitrogens is 2. The summed E-state index contributed by atoms with van der Waals surface area (Å²) < 4.78 is 1.50. The van der Waals surface area contributed by atoms with Crippen LogP contribution >= 0.6 is 23.1 Å². The van der Waals surface area contributed by atoms with Crippen LogP contribution in [0.3, 0.4) is 0 Å². The molecule has 3 aromatic rings. The number of hydrogen-bond acceptors (Lipinski definition) is 5. The molecular formula is C14H10N2O3S2. The van der Waals surface area contributed by atoms with Gasteiger partial charge in [0.1, 0.15) is 0 Å². The number of carbonyl (C=O) groups is 1. The smallest absolute Gasteiger partial charge is 0.335 e. The van der Waals surface area contributed by atoms with Crippen molar-refractivity contribution in [3.05, 3.63) is 63.5 Å². The van der Waals surface area contributed by atoms with Gasteiger partial charge < -0.3 is 5.11 Å². The molecule has 7 heteroatoms. The van der Waals surface area contributed by atoms with E-state index in [2.05, 4.69) is 4.98 Å². The van der Waals surface area contributed by atoms with Gasteiger partial charge in [-0.25, -0.2) is 9.78 Å². The van der Waals surface area contributed by atoms with Crippen molar-refractivity contribution < 1.29 is 9.90 Å². The van der Waals surface area contributed by atoms with Crippen molar-refractivity contribution in [3.63, 3.8) is 0 Å². The number of benzene rings is 1. The first-order chi connectivity index (χ1) is 10.1. The Balaban J connectivity index is 1.81. The zero-order valence-electron chi connectivity index (χ0n) is 10.7. The van der Waals surface area contributed by atoms with Crippen molar-refractivity contribution >= 4 is 34.0 Å². The molecule has 21 heavy (non-hydrogen) atoms. The third kappa shape index (κ3) is 2.98. The number of fused-ring (bicyclic) bond motifs is 1. The first-order valence-electron chi connectivity index (χ1n) is 6.05. The van der Waals surface area contributed by atoms with Crippen LogP contribution in [-0.4, -0.2) is 20.5 Å². The van der Waals surface area contributed by atoms with Crippen molar-refractivity contribution in [1.29, 1.82) is 0 Å². The number of carboxylic acids is 1. The van der Waals surface area contributed by atoms with Crippen molar-refractivity contribution in [2.75, 3.05) is 0 Å². The molecule has 0 aliphatic rings. The minimum Gasteiger partial charge on any atom is -0.478 e. The number of aromatic carboxylic acids is 1. The van der Waals surface area contributed by atoms with E-state index >= 15 is 0 Å². The lowest BCUT2D eigenvalue weighted by Gasteiger charge is -2.03. The second-order valence-corrected chi connectivity index (χ2v) is 6.18. The van der Waals surface area contributed by atoms with Crippen LogP contribution in [0.15, 0.2) is 51.6 Å². The van der Waals surface area contributed by atoms with Gasteiger partial charge in [-0.2, -0.15) is 0 Å². The van der Waals surface area contributed by atoms with Gasteiger partial charge in [-0.1, -0.05) is 6.07 Å². The number of nitrogens with zero attached hydrogens (tertiary/aromatic N) is 2. The SMILES string of the molecule is O=C(O)c1cccc(SCc2cc(=O)n3ccsc3n2)c1. The summed E-state index contributed by atoms with van der Waals surface area (Å²) in [5, 5.41) is 10.8. The first kappa shape index (κ1) is 13.8. The summed E-state index contributed by atoms with van der Waals surface area (Å²) in [7, 11) is 0. The standard InChI is InChI=1S/C14H10N2O3S2/c17-12-7-10(15-14-16(12)4-5-20-14)8-21-11-3-1-2-9(6-11)13(18)19/h1-7H,8H2,(H,18,19). The fraction of sp³-hybridized carbons (Fsp3) is 0.0714. The predicted molar refractivity (Wildman–Crippen MR) is 82.3 cm³/mol. The largest absolute Gasteiger partial charge is 0.478 e. The molecule has 0 radical (unpaired) electrons. The summed E-state index contributed by atoms with van der Waals surface area (Å²) >= 11 is 2.86. The molecule has 0 saturated carbocycles. The molecule has 0 amide bonds. The van der Waals surface area contributed by atoms with E-state index in [0.29, 0.717) is 16.4 Å². The van der Waals surface area contributed by atoms with Crippen LogP contribution in [0.25, 0.3) is 4.96 Å². The molecule has 5 nitrogen and oxygen atoms in total. The van der Waals surface area contributed by atoms with Crippen molar-refractivity contribution in [1.82, 2.24) is 9.38 Å². The molecule has 106 valence electrons. The normalized spacial score (nSPS) is 10.9. The summed E-state index contributed by atoms with van der Waals surface area (Å²) in [6.07, 6.45) is 1.70. The van der Waals surface area contributed by atoms with Gasteiger partial charge in [0, 0.05) is 28.3 Å². The van der Waals surface area contributed by atoms with Gasteiger partial charge in [-0.3, -0.25) is 9.20 Å². The Bertz CT molecular complexity index is 870. The fourth-order valence-corrected chi connectivity index (χ4v) is 3.42. The monoisotopic (exact) mass is 318 g/mol. The van der Waals surface area contributed by atoms with Crippen molar-refractivity contribution in [2.24, 2.45) is 0 Å². The lowest BCUT2D eigenvalue weighted by atomic mass is 10.2. The van der Waals surface area contributed by atoms with Crippen LogP contribution in [0.1, 0.15) is 16.1 Å². The topological polar surface area (TPSA) is 71.7 Å². The highest BCUT2D eigenvalue weighted by atomic mass is 32.2. The Morgan fingerprint density at radius 2 is 2.24 bits per heavy atom.